The lowest BCUT2D eigenvalue weighted by Crippen LogP contribution is -2.43. The summed E-state index contributed by atoms with van der Waals surface area (Å²) in [5.74, 6) is 0.687. The van der Waals surface area contributed by atoms with Gasteiger partial charge in [-0.15, -0.1) is 0 Å². The molecule has 2 rings (SSSR count). The van der Waals surface area contributed by atoms with E-state index < -0.39 is 11.8 Å². The monoisotopic (exact) mass is 334 g/mol. The van der Waals surface area contributed by atoms with Crippen LogP contribution < -0.4 is 14.8 Å². The van der Waals surface area contributed by atoms with E-state index in [0.717, 1.165) is 12.8 Å². The quantitative estimate of drug-likeness (QED) is 0.841. The molecule has 0 bridgehead atoms. The van der Waals surface area contributed by atoms with Gasteiger partial charge in [0, 0.05) is 24.8 Å². The maximum Gasteiger partial charge on any atom is 0.313 e. The highest BCUT2D eigenvalue weighted by Gasteiger charge is 2.25. The number of nitrogens with zero attached hydrogens (tertiary/aromatic N) is 1. The average Bonchev–Trinajstić information content (AvgIpc) is 2.57. The lowest BCUT2D eigenvalue weighted by Gasteiger charge is -2.29. The molecule has 1 heterocycles. The lowest BCUT2D eigenvalue weighted by molar-refractivity contribution is -0.144. The normalized spacial score (nSPS) is 15.0. The van der Waals surface area contributed by atoms with Crippen molar-refractivity contribution in [3.63, 3.8) is 0 Å². The first kappa shape index (κ1) is 18.1. The van der Waals surface area contributed by atoms with E-state index >= 15 is 0 Å². The fraction of sp³-hybridized carbons (Fsp3) is 0.556. The molecular formula is C18H26N2O4. The molecule has 1 fully saturated rings. The second-order valence-corrected chi connectivity index (χ2v) is 5.96. The SMILES string of the molecule is CCOc1ccc(NC(=O)C(=O)N2CCC(C)CC2)cc1OCC. The van der Waals surface area contributed by atoms with Gasteiger partial charge < -0.3 is 19.7 Å². The number of anilines is 1. The van der Waals surface area contributed by atoms with E-state index in [1.807, 2.05) is 13.8 Å². The van der Waals surface area contributed by atoms with Gasteiger partial charge in [0.25, 0.3) is 0 Å². The predicted molar refractivity (Wildman–Crippen MR) is 92.4 cm³/mol. The van der Waals surface area contributed by atoms with Gasteiger partial charge in [-0.3, -0.25) is 9.59 Å². The maximum absolute atomic E-state index is 12.2. The minimum Gasteiger partial charge on any atom is -0.490 e. The van der Waals surface area contributed by atoms with Gasteiger partial charge in [-0.05, 0) is 44.7 Å². The Morgan fingerprint density at radius 2 is 1.75 bits per heavy atom. The standard InChI is InChI=1S/C18H26N2O4/c1-4-23-15-7-6-14(12-16(15)24-5-2)19-17(21)18(22)20-10-8-13(3)9-11-20/h6-7,12-13H,4-5,8-11H2,1-3H3,(H,19,21). The van der Waals surface area contributed by atoms with Crippen LogP contribution in [0.5, 0.6) is 11.5 Å². The molecule has 0 aliphatic carbocycles. The van der Waals surface area contributed by atoms with Gasteiger partial charge >= 0.3 is 11.8 Å². The van der Waals surface area contributed by atoms with Crippen molar-refractivity contribution < 1.29 is 19.1 Å². The minimum atomic E-state index is -0.615. The number of ether oxygens (including phenoxy) is 2. The van der Waals surface area contributed by atoms with Gasteiger partial charge in [0.15, 0.2) is 11.5 Å². The van der Waals surface area contributed by atoms with Crippen molar-refractivity contribution in [2.75, 3.05) is 31.6 Å². The zero-order chi connectivity index (χ0) is 17.5. The third-order valence-corrected chi connectivity index (χ3v) is 4.07. The molecule has 0 unspecified atom stereocenters. The molecule has 1 aromatic carbocycles. The molecule has 132 valence electrons. The first-order valence-corrected chi connectivity index (χ1v) is 8.55. The van der Waals surface area contributed by atoms with Crippen LogP contribution in [0.4, 0.5) is 5.69 Å². The molecule has 2 amide bonds. The number of nitrogens with one attached hydrogen (secondary N) is 1. The molecule has 6 heteroatoms. The fourth-order valence-electron chi connectivity index (χ4n) is 2.67. The van der Waals surface area contributed by atoms with Crippen molar-refractivity contribution in [3.05, 3.63) is 18.2 Å². The molecule has 0 spiro atoms. The van der Waals surface area contributed by atoms with Gasteiger partial charge in [-0.2, -0.15) is 0 Å². The van der Waals surface area contributed by atoms with E-state index in [1.165, 1.54) is 0 Å². The zero-order valence-electron chi connectivity index (χ0n) is 14.6. The predicted octanol–water partition coefficient (Wildman–Crippen LogP) is 2.68. The highest BCUT2D eigenvalue weighted by molar-refractivity contribution is 6.39. The summed E-state index contributed by atoms with van der Waals surface area (Å²) in [6, 6.07) is 5.12. The number of carbonyl (C=O) groups excluding carboxylic acids is 2. The molecule has 1 aliphatic heterocycles. The Morgan fingerprint density at radius 1 is 1.12 bits per heavy atom. The Labute approximate surface area is 143 Å². The summed E-state index contributed by atoms with van der Waals surface area (Å²) in [6.07, 6.45) is 1.88. The van der Waals surface area contributed by atoms with Crippen LogP contribution in [0.25, 0.3) is 0 Å². The van der Waals surface area contributed by atoms with Gasteiger partial charge in [0.1, 0.15) is 0 Å². The topological polar surface area (TPSA) is 67.9 Å². The molecule has 0 aromatic heterocycles. The third kappa shape index (κ3) is 4.63. The van der Waals surface area contributed by atoms with E-state index in [9.17, 15) is 9.59 Å². The van der Waals surface area contributed by atoms with Crippen LogP contribution in [0.3, 0.4) is 0 Å². The lowest BCUT2D eigenvalue weighted by atomic mass is 9.99. The summed E-state index contributed by atoms with van der Waals surface area (Å²) in [5.41, 5.74) is 0.519. The van der Waals surface area contributed by atoms with Crippen molar-refractivity contribution in [2.45, 2.75) is 33.6 Å². The van der Waals surface area contributed by atoms with Gasteiger partial charge in [-0.1, -0.05) is 6.92 Å². The number of carbonyl (C=O) groups is 2. The Kier molecular flexibility index (Phi) is 6.46. The number of hydrogen-bond acceptors (Lipinski definition) is 4. The van der Waals surface area contributed by atoms with E-state index in [4.69, 9.17) is 9.47 Å². The summed E-state index contributed by atoms with van der Waals surface area (Å²) in [6.45, 7) is 8.23. The summed E-state index contributed by atoms with van der Waals surface area (Å²) in [4.78, 5) is 26.1. The molecule has 1 aliphatic rings. The van der Waals surface area contributed by atoms with Crippen LogP contribution in [0, 0.1) is 5.92 Å². The third-order valence-electron chi connectivity index (χ3n) is 4.07. The molecule has 0 saturated carbocycles. The molecular weight excluding hydrogens is 308 g/mol. The van der Waals surface area contributed by atoms with E-state index in [1.54, 1.807) is 23.1 Å². The molecule has 0 atom stereocenters. The number of piperidine rings is 1. The summed E-state index contributed by atoms with van der Waals surface area (Å²) < 4.78 is 11.0. The van der Waals surface area contributed by atoms with Crippen LogP contribution in [0.15, 0.2) is 18.2 Å². The summed E-state index contributed by atoms with van der Waals surface area (Å²) in [5, 5.41) is 2.65. The van der Waals surface area contributed by atoms with Gasteiger partial charge in [0.05, 0.1) is 13.2 Å². The van der Waals surface area contributed by atoms with Crippen molar-refractivity contribution in [3.8, 4) is 11.5 Å². The number of rotatable bonds is 5. The van der Waals surface area contributed by atoms with Gasteiger partial charge in [-0.25, -0.2) is 0 Å². The van der Waals surface area contributed by atoms with Crippen LogP contribution >= 0.6 is 0 Å². The van der Waals surface area contributed by atoms with E-state index in [2.05, 4.69) is 12.2 Å². The van der Waals surface area contributed by atoms with Crippen molar-refractivity contribution in [1.82, 2.24) is 4.90 Å². The molecule has 1 aromatic rings. The van der Waals surface area contributed by atoms with E-state index in [-0.39, 0.29) is 0 Å². The van der Waals surface area contributed by atoms with Gasteiger partial charge in [0.2, 0.25) is 0 Å². The summed E-state index contributed by atoms with van der Waals surface area (Å²) >= 11 is 0. The number of likely N-dealkylation sites (tertiary alicyclic amines) is 1. The maximum atomic E-state index is 12.2. The second-order valence-electron chi connectivity index (χ2n) is 5.96. The molecule has 1 saturated heterocycles. The zero-order valence-corrected chi connectivity index (χ0v) is 14.6. The van der Waals surface area contributed by atoms with E-state index in [0.29, 0.717) is 49.4 Å². The smallest absolute Gasteiger partial charge is 0.313 e. The van der Waals surface area contributed by atoms with Crippen molar-refractivity contribution in [2.24, 2.45) is 5.92 Å². The number of hydrogen-bond donors (Lipinski definition) is 1. The Bertz CT molecular complexity index is 580. The number of amides is 2. The Morgan fingerprint density at radius 3 is 2.38 bits per heavy atom. The average molecular weight is 334 g/mol. The Balaban J connectivity index is 2.02. The first-order chi connectivity index (χ1) is 11.5. The van der Waals surface area contributed by atoms with Crippen molar-refractivity contribution in [1.29, 1.82) is 0 Å². The largest absolute Gasteiger partial charge is 0.490 e. The van der Waals surface area contributed by atoms with Crippen LogP contribution in [0.1, 0.15) is 33.6 Å². The second kappa shape index (κ2) is 8.57. The molecule has 6 nitrogen and oxygen atoms in total. The molecule has 24 heavy (non-hydrogen) atoms. The highest BCUT2D eigenvalue weighted by atomic mass is 16.5. The van der Waals surface area contributed by atoms with Crippen molar-refractivity contribution >= 4 is 17.5 Å². The van der Waals surface area contributed by atoms with Crippen LogP contribution in [0.2, 0.25) is 0 Å². The minimum absolute atomic E-state index is 0.478. The summed E-state index contributed by atoms with van der Waals surface area (Å²) in [7, 11) is 0. The highest BCUT2D eigenvalue weighted by Crippen LogP contribution is 2.30. The number of benzene rings is 1. The van der Waals surface area contributed by atoms with Crippen LogP contribution in [-0.4, -0.2) is 43.0 Å². The first-order valence-electron chi connectivity index (χ1n) is 8.55. The molecule has 0 radical (unpaired) electrons. The fourth-order valence-corrected chi connectivity index (χ4v) is 2.67. The molecule has 1 N–H and O–H groups in total. The Hall–Kier alpha value is -2.24. The van der Waals surface area contributed by atoms with Crippen LogP contribution in [-0.2, 0) is 9.59 Å².